The molecule has 1 aromatic rings. The molecular formula is C19H25F3O4. The average Bonchev–Trinajstić information content (AvgIpc) is 2.66. The molecule has 146 valence electrons. The number of unbranched alkanes of at least 4 members (excludes halogenated alkanes) is 1. The Kier molecular flexibility index (Phi) is 6.55. The fraction of sp³-hybridized carbons (Fsp3) is 0.684. The number of rotatable bonds is 5. The van der Waals surface area contributed by atoms with Crippen LogP contribution < -0.4 is 0 Å². The van der Waals surface area contributed by atoms with Crippen molar-refractivity contribution in [1.82, 2.24) is 0 Å². The molecule has 0 bridgehead atoms. The van der Waals surface area contributed by atoms with E-state index in [1.54, 1.807) is 0 Å². The van der Waals surface area contributed by atoms with E-state index in [1.165, 1.54) is 18.6 Å². The minimum absolute atomic E-state index is 0.0344. The summed E-state index contributed by atoms with van der Waals surface area (Å²) in [6.07, 6.45) is -1.91. The van der Waals surface area contributed by atoms with Crippen LogP contribution in [0.3, 0.4) is 0 Å². The molecule has 2 fully saturated rings. The quantitative estimate of drug-likeness (QED) is 0.758. The number of hydrogen-bond donors (Lipinski definition) is 0. The molecular weight excluding hydrogens is 349 g/mol. The zero-order chi connectivity index (χ0) is 18.6. The van der Waals surface area contributed by atoms with E-state index in [-0.39, 0.29) is 12.2 Å². The summed E-state index contributed by atoms with van der Waals surface area (Å²) in [5.41, 5.74) is -0.113. The van der Waals surface area contributed by atoms with E-state index in [9.17, 15) is 13.2 Å². The van der Waals surface area contributed by atoms with Crippen LogP contribution in [0.15, 0.2) is 24.3 Å². The lowest BCUT2D eigenvalue weighted by atomic mass is 10.0. The summed E-state index contributed by atoms with van der Waals surface area (Å²) in [5, 5.41) is 0. The van der Waals surface area contributed by atoms with E-state index >= 15 is 0 Å². The number of halogens is 3. The minimum atomic E-state index is -4.34. The fourth-order valence-electron chi connectivity index (χ4n) is 3.19. The first-order valence-corrected chi connectivity index (χ1v) is 9.11. The van der Waals surface area contributed by atoms with Gasteiger partial charge in [0.25, 0.3) is 0 Å². The molecule has 0 atom stereocenters. The topological polar surface area (TPSA) is 36.9 Å². The summed E-state index contributed by atoms with van der Waals surface area (Å²) in [7, 11) is 0. The van der Waals surface area contributed by atoms with Gasteiger partial charge in [-0.05, 0) is 18.6 Å². The molecule has 4 nitrogen and oxygen atoms in total. The highest BCUT2D eigenvalue weighted by Gasteiger charge is 2.35. The highest BCUT2D eigenvalue weighted by molar-refractivity contribution is 5.25. The van der Waals surface area contributed by atoms with E-state index in [0.29, 0.717) is 37.9 Å². The smallest absolute Gasteiger partial charge is 0.352 e. The van der Waals surface area contributed by atoms with Gasteiger partial charge in [-0.1, -0.05) is 31.9 Å². The van der Waals surface area contributed by atoms with Crippen molar-refractivity contribution in [3.63, 3.8) is 0 Å². The number of hydrogen-bond acceptors (Lipinski definition) is 4. The van der Waals surface area contributed by atoms with Crippen molar-refractivity contribution in [2.45, 2.75) is 44.9 Å². The van der Waals surface area contributed by atoms with Crippen LogP contribution in [-0.2, 0) is 25.1 Å². The Morgan fingerprint density at radius 2 is 1.54 bits per heavy atom. The first-order chi connectivity index (χ1) is 12.5. The van der Waals surface area contributed by atoms with Crippen LogP contribution >= 0.6 is 0 Å². The molecule has 0 amide bonds. The Bertz CT molecular complexity index is 545. The van der Waals surface area contributed by atoms with E-state index in [2.05, 4.69) is 6.92 Å². The van der Waals surface area contributed by atoms with Crippen molar-refractivity contribution in [1.29, 1.82) is 0 Å². The zero-order valence-corrected chi connectivity index (χ0v) is 14.8. The van der Waals surface area contributed by atoms with E-state index in [1.807, 2.05) is 0 Å². The number of alkyl halides is 3. The van der Waals surface area contributed by atoms with Crippen molar-refractivity contribution in [3.8, 4) is 0 Å². The van der Waals surface area contributed by atoms with Crippen LogP contribution in [0, 0.1) is 11.8 Å². The lowest BCUT2D eigenvalue weighted by Gasteiger charge is -2.37. The first kappa shape index (κ1) is 19.6. The molecule has 3 rings (SSSR count). The number of benzene rings is 1. The predicted octanol–water partition coefficient (Wildman–Crippen LogP) is 4.55. The molecule has 7 heteroatoms. The van der Waals surface area contributed by atoms with E-state index in [0.717, 1.165) is 25.0 Å². The Hall–Kier alpha value is -1.15. The van der Waals surface area contributed by atoms with E-state index in [4.69, 9.17) is 18.9 Å². The fourth-order valence-corrected chi connectivity index (χ4v) is 3.19. The molecule has 2 aliphatic rings. The molecule has 0 aromatic heterocycles. The Morgan fingerprint density at radius 1 is 0.923 bits per heavy atom. The van der Waals surface area contributed by atoms with Crippen molar-refractivity contribution < 1.29 is 32.1 Å². The molecule has 0 unspecified atom stereocenters. The van der Waals surface area contributed by atoms with Gasteiger partial charge >= 0.3 is 6.18 Å². The largest absolute Gasteiger partial charge is 0.416 e. The highest BCUT2D eigenvalue weighted by atomic mass is 19.4. The Morgan fingerprint density at radius 3 is 2.08 bits per heavy atom. The zero-order valence-electron chi connectivity index (χ0n) is 14.8. The van der Waals surface area contributed by atoms with Crippen LogP contribution in [-0.4, -0.2) is 32.7 Å². The van der Waals surface area contributed by atoms with Crippen LogP contribution in [0.5, 0.6) is 0 Å². The monoisotopic (exact) mass is 374 g/mol. The minimum Gasteiger partial charge on any atom is -0.352 e. The Labute approximate surface area is 151 Å². The molecule has 2 saturated heterocycles. The van der Waals surface area contributed by atoms with Gasteiger partial charge in [-0.2, -0.15) is 13.2 Å². The Balaban J connectivity index is 1.46. The maximum absolute atomic E-state index is 12.6. The molecule has 2 heterocycles. The summed E-state index contributed by atoms with van der Waals surface area (Å²) in [4.78, 5) is 0. The maximum Gasteiger partial charge on any atom is 0.416 e. The summed E-state index contributed by atoms with van der Waals surface area (Å²) < 4.78 is 60.9. The van der Waals surface area contributed by atoms with Crippen LogP contribution in [0.1, 0.15) is 43.6 Å². The second-order valence-corrected chi connectivity index (χ2v) is 6.92. The second kappa shape index (κ2) is 8.69. The number of ether oxygens (including phenoxy) is 4. The van der Waals surface area contributed by atoms with Crippen molar-refractivity contribution >= 4 is 0 Å². The van der Waals surface area contributed by atoms with Gasteiger partial charge in [-0.25, -0.2) is 0 Å². The highest BCUT2D eigenvalue weighted by Crippen LogP contribution is 2.33. The van der Waals surface area contributed by atoms with Gasteiger partial charge in [0, 0.05) is 11.5 Å². The van der Waals surface area contributed by atoms with Gasteiger partial charge in [-0.15, -0.1) is 0 Å². The van der Waals surface area contributed by atoms with Gasteiger partial charge in [0.1, 0.15) is 0 Å². The third kappa shape index (κ3) is 4.97. The second-order valence-electron chi connectivity index (χ2n) is 6.92. The maximum atomic E-state index is 12.6. The van der Waals surface area contributed by atoms with Crippen molar-refractivity contribution in [2.75, 3.05) is 26.4 Å². The molecule has 1 aromatic carbocycles. The SMILES string of the molecule is CCCCC1COC(C2COC(c3ccc(C(F)(F)F)cc3)OC2)OC1. The van der Waals surface area contributed by atoms with Crippen molar-refractivity contribution in [2.24, 2.45) is 11.8 Å². The van der Waals surface area contributed by atoms with Crippen LogP contribution in [0.2, 0.25) is 0 Å². The van der Waals surface area contributed by atoms with Gasteiger partial charge in [0.05, 0.1) is 37.9 Å². The first-order valence-electron chi connectivity index (χ1n) is 9.11. The molecule has 26 heavy (non-hydrogen) atoms. The lowest BCUT2D eigenvalue weighted by molar-refractivity contribution is -0.283. The van der Waals surface area contributed by atoms with Gasteiger partial charge in [-0.3, -0.25) is 0 Å². The summed E-state index contributed by atoms with van der Waals surface area (Å²) >= 11 is 0. The third-order valence-corrected chi connectivity index (χ3v) is 4.78. The van der Waals surface area contributed by atoms with Crippen LogP contribution in [0.25, 0.3) is 0 Å². The van der Waals surface area contributed by atoms with E-state index < -0.39 is 18.0 Å². The summed E-state index contributed by atoms with van der Waals surface area (Å²) in [5.74, 6) is 0.407. The molecule has 0 N–H and O–H groups in total. The predicted molar refractivity (Wildman–Crippen MR) is 88.3 cm³/mol. The standard InChI is InChI=1S/C19H25F3O4/c1-2-3-4-13-9-23-18(24-10-13)15-11-25-17(26-12-15)14-5-7-16(8-6-14)19(20,21)22/h5-8,13,15,17-18H,2-4,9-12H2,1H3. The third-order valence-electron chi connectivity index (χ3n) is 4.78. The molecule has 2 aliphatic heterocycles. The summed E-state index contributed by atoms with van der Waals surface area (Å²) in [6.45, 7) is 4.30. The van der Waals surface area contributed by atoms with Gasteiger partial charge in [0.15, 0.2) is 12.6 Å². The van der Waals surface area contributed by atoms with Gasteiger partial charge in [0.2, 0.25) is 0 Å². The molecule has 0 saturated carbocycles. The molecule has 0 radical (unpaired) electrons. The lowest BCUT2D eigenvalue weighted by Crippen LogP contribution is -2.43. The van der Waals surface area contributed by atoms with Crippen LogP contribution in [0.4, 0.5) is 13.2 Å². The van der Waals surface area contributed by atoms with Gasteiger partial charge < -0.3 is 18.9 Å². The average molecular weight is 374 g/mol. The normalized spacial score (nSPS) is 30.3. The molecule has 0 aliphatic carbocycles. The molecule has 0 spiro atoms. The summed E-state index contributed by atoms with van der Waals surface area (Å²) in [6, 6.07) is 4.86. The van der Waals surface area contributed by atoms with Crippen molar-refractivity contribution in [3.05, 3.63) is 35.4 Å².